The molecule has 0 N–H and O–H groups in total. The summed E-state index contributed by atoms with van der Waals surface area (Å²) in [7, 11) is 0. The van der Waals surface area contributed by atoms with E-state index in [0.717, 1.165) is 28.4 Å². The molecule has 0 saturated heterocycles. The number of hydrogen-bond acceptors (Lipinski definition) is 4. The molecule has 1 aliphatic heterocycles. The number of rotatable bonds is 4. The molecule has 5 heteroatoms. The summed E-state index contributed by atoms with van der Waals surface area (Å²) in [6.45, 7) is 6.56. The first kappa shape index (κ1) is 24.2. The molecule has 170 valence electrons. The molecule has 0 spiro atoms. The lowest BCUT2D eigenvalue weighted by Crippen LogP contribution is -2.26. The van der Waals surface area contributed by atoms with Gasteiger partial charge in [0.2, 0.25) is 0 Å². The zero-order chi connectivity index (χ0) is 23.1. The van der Waals surface area contributed by atoms with E-state index < -0.39 is 0 Å². The van der Waals surface area contributed by atoms with Crippen LogP contribution in [-0.2, 0) is 15.9 Å². The number of carbonyl (C=O) groups is 2. The molecular weight excluding hydrogens is 468 g/mol. The summed E-state index contributed by atoms with van der Waals surface area (Å²) in [5, 5.41) is 0. The van der Waals surface area contributed by atoms with Crippen LogP contribution in [0.25, 0.3) is 0 Å². The van der Waals surface area contributed by atoms with E-state index in [-0.39, 0.29) is 24.6 Å². The van der Waals surface area contributed by atoms with E-state index in [2.05, 4.69) is 41.9 Å². The summed E-state index contributed by atoms with van der Waals surface area (Å²) in [5.41, 5.74) is 3.05. The van der Waals surface area contributed by atoms with Crippen molar-refractivity contribution in [3.8, 4) is 0 Å². The van der Waals surface area contributed by atoms with Gasteiger partial charge in [-0.05, 0) is 73.4 Å². The Bertz CT molecular complexity index is 964. The number of esters is 2. The minimum atomic E-state index is -0.371. The third kappa shape index (κ3) is 6.55. The highest BCUT2D eigenvalue weighted by atomic mass is 79.9. The van der Waals surface area contributed by atoms with Crippen LogP contribution in [0.4, 0.5) is 0 Å². The van der Waals surface area contributed by atoms with Gasteiger partial charge in [0.15, 0.2) is 0 Å². The molecule has 0 aromatic heterocycles. The van der Waals surface area contributed by atoms with Gasteiger partial charge in [-0.3, -0.25) is 0 Å². The lowest BCUT2D eigenvalue weighted by Gasteiger charge is -2.26. The van der Waals surface area contributed by atoms with Crippen molar-refractivity contribution in [3.05, 3.63) is 81.3 Å². The van der Waals surface area contributed by atoms with Gasteiger partial charge >= 0.3 is 11.9 Å². The van der Waals surface area contributed by atoms with Gasteiger partial charge in [0.05, 0.1) is 17.7 Å². The van der Waals surface area contributed by atoms with Gasteiger partial charge in [-0.2, -0.15) is 0 Å². The predicted octanol–water partition coefficient (Wildman–Crippen LogP) is 6.69. The van der Waals surface area contributed by atoms with Crippen LogP contribution in [0.2, 0.25) is 0 Å². The fourth-order valence-corrected chi connectivity index (χ4v) is 4.24. The van der Waals surface area contributed by atoms with Crippen LogP contribution in [0.1, 0.15) is 65.0 Å². The predicted molar refractivity (Wildman–Crippen MR) is 130 cm³/mol. The molecule has 1 aliphatic rings. The zero-order valence-corrected chi connectivity index (χ0v) is 20.6. The molecule has 0 aliphatic carbocycles. The second-order valence-corrected chi connectivity index (χ2v) is 9.59. The summed E-state index contributed by atoms with van der Waals surface area (Å²) in [5.74, 6) is 0.172. The second-order valence-electron chi connectivity index (χ2n) is 8.67. The fraction of sp³-hybridized carbons (Fsp3) is 0.407. The molecule has 3 unspecified atom stereocenters. The smallest absolute Gasteiger partial charge is 0.338 e. The first-order chi connectivity index (χ1) is 15.3. The third-order valence-electron chi connectivity index (χ3n) is 6.21. The van der Waals surface area contributed by atoms with E-state index in [4.69, 9.17) is 9.47 Å². The fourth-order valence-electron chi connectivity index (χ4n) is 3.98. The van der Waals surface area contributed by atoms with Gasteiger partial charge < -0.3 is 9.47 Å². The number of halogens is 1. The third-order valence-corrected chi connectivity index (χ3v) is 6.74. The first-order valence-corrected chi connectivity index (χ1v) is 12.0. The number of carbonyl (C=O) groups excluding carboxylic acids is 2. The Kier molecular flexibility index (Phi) is 8.68. The number of cyclic esters (lactones) is 1. The highest BCUT2D eigenvalue weighted by Crippen LogP contribution is 2.26. The Morgan fingerprint density at radius 2 is 1.84 bits per heavy atom. The zero-order valence-electron chi connectivity index (χ0n) is 19.0. The van der Waals surface area contributed by atoms with E-state index in [1.54, 1.807) is 12.1 Å². The van der Waals surface area contributed by atoms with Crippen molar-refractivity contribution in [2.45, 2.75) is 52.6 Å². The number of allylic oxidation sites excluding steroid dienone is 2. The molecule has 3 rings (SSSR count). The van der Waals surface area contributed by atoms with Crippen molar-refractivity contribution < 1.29 is 19.1 Å². The minimum absolute atomic E-state index is 0.203. The SMILES string of the molecule is Cc1cccc2c1C(=O)OC(CCOC(=O)c1ccc(Br)cc1)CC(C)C(C)C/C=C\C2. The number of benzene rings is 2. The lowest BCUT2D eigenvalue weighted by molar-refractivity contribution is 0.0108. The van der Waals surface area contributed by atoms with Crippen molar-refractivity contribution in [1.82, 2.24) is 0 Å². The molecule has 0 amide bonds. The highest BCUT2D eigenvalue weighted by Gasteiger charge is 2.24. The Morgan fingerprint density at radius 1 is 1.09 bits per heavy atom. The van der Waals surface area contributed by atoms with E-state index in [9.17, 15) is 9.59 Å². The Labute approximate surface area is 199 Å². The summed E-state index contributed by atoms with van der Waals surface area (Å²) in [6, 6.07) is 13.0. The average molecular weight is 499 g/mol. The van der Waals surface area contributed by atoms with Crippen molar-refractivity contribution in [1.29, 1.82) is 0 Å². The highest BCUT2D eigenvalue weighted by molar-refractivity contribution is 9.10. The van der Waals surface area contributed by atoms with Gasteiger partial charge in [-0.25, -0.2) is 9.59 Å². The van der Waals surface area contributed by atoms with Crippen molar-refractivity contribution in [3.63, 3.8) is 0 Å². The summed E-state index contributed by atoms with van der Waals surface area (Å²) < 4.78 is 12.4. The number of aryl methyl sites for hydroxylation is 1. The maximum Gasteiger partial charge on any atom is 0.338 e. The van der Waals surface area contributed by atoms with E-state index >= 15 is 0 Å². The number of fused-ring (bicyclic) bond motifs is 1. The molecule has 1 heterocycles. The molecule has 4 nitrogen and oxygen atoms in total. The van der Waals surface area contributed by atoms with E-state index in [1.807, 2.05) is 37.3 Å². The minimum Gasteiger partial charge on any atom is -0.462 e. The molecule has 2 aromatic carbocycles. The van der Waals surface area contributed by atoms with Crippen LogP contribution in [0.3, 0.4) is 0 Å². The molecule has 0 saturated carbocycles. The molecule has 32 heavy (non-hydrogen) atoms. The summed E-state index contributed by atoms with van der Waals surface area (Å²) in [6.07, 6.45) is 6.96. The first-order valence-electron chi connectivity index (χ1n) is 11.2. The van der Waals surface area contributed by atoms with Crippen LogP contribution >= 0.6 is 15.9 Å². The lowest BCUT2D eigenvalue weighted by atomic mass is 9.87. The van der Waals surface area contributed by atoms with Gasteiger partial charge in [0.1, 0.15) is 6.10 Å². The second kappa shape index (κ2) is 11.5. The monoisotopic (exact) mass is 498 g/mol. The standard InChI is InChI=1S/C27H31BrO4/c1-18-7-4-5-9-21-10-6-8-19(2)25(21)27(30)32-24(17-20(18)3)15-16-31-26(29)22-11-13-23(28)14-12-22/h4-6,8,10-14,18,20,24H,7,9,15-17H2,1-3H3/b5-4-. The quantitative estimate of drug-likeness (QED) is 0.347. The van der Waals surface area contributed by atoms with E-state index in [1.165, 1.54) is 0 Å². The van der Waals surface area contributed by atoms with Gasteiger partial charge in [0, 0.05) is 10.9 Å². The van der Waals surface area contributed by atoms with Gasteiger partial charge in [0.25, 0.3) is 0 Å². The summed E-state index contributed by atoms with van der Waals surface area (Å²) >= 11 is 3.36. The average Bonchev–Trinajstić information content (AvgIpc) is 2.76. The molecule has 3 atom stereocenters. The maximum absolute atomic E-state index is 13.1. The molecule has 0 bridgehead atoms. The van der Waals surface area contributed by atoms with Crippen LogP contribution in [0, 0.1) is 18.8 Å². The topological polar surface area (TPSA) is 52.6 Å². The van der Waals surface area contributed by atoms with Crippen molar-refractivity contribution in [2.24, 2.45) is 11.8 Å². The summed E-state index contributed by atoms with van der Waals surface area (Å²) in [4.78, 5) is 25.5. The van der Waals surface area contributed by atoms with Crippen LogP contribution < -0.4 is 0 Å². The Balaban J connectivity index is 1.72. The number of hydrogen-bond donors (Lipinski definition) is 0. The molecule has 2 aromatic rings. The van der Waals surface area contributed by atoms with Crippen LogP contribution in [0.15, 0.2) is 59.1 Å². The Hall–Kier alpha value is -2.40. The molecule has 0 radical (unpaired) electrons. The maximum atomic E-state index is 13.1. The molecular formula is C27H31BrO4. The normalized spacial score (nSPS) is 22.6. The Morgan fingerprint density at radius 3 is 2.59 bits per heavy atom. The van der Waals surface area contributed by atoms with Crippen LogP contribution in [-0.4, -0.2) is 24.6 Å². The van der Waals surface area contributed by atoms with Crippen molar-refractivity contribution >= 4 is 27.9 Å². The number of ether oxygens (including phenoxy) is 2. The van der Waals surface area contributed by atoms with Gasteiger partial charge in [-0.15, -0.1) is 0 Å². The van der Waals surface area contributed by atoms with Crippen molar-refractivity contribution in [2.75, 3.05) is 6.61 Å². The molecule has 0 fully saturated rings. The van der Waals surface area contributed by atoms with Gasteiger partial charge in [-0.1, -0.05) is 60.1 Å². The van der Waals surface area contributed by atoms with E-state index in [0.29, 0.717) is 35.8 Å². The largest absolute Gasteiger partial charge is 0.462 e. The van der Waals surface area contributed by atoms with Crippen LogP contribution in [0.5, 0.6) is 0 Å².